The van der Waals surface area contributed by atoms with E-state index in [2.05, 4.69) is 27.3 Å². The highest BCUT2D eigenvalue weighted by Crippen LogP contribution is 2.24. The molecule has 2 aromatic heterocycles. The first kappa shape index (κ1) is 12.9. The van der Waals surface area contributed by atoms with Gasteiger partial charge in [-0.2, -0.15) is 5.10 Å². The van der Waals surface area contributed by atoms with Crippen molar-refractivity contribution in [2.75, 3.05) is 5.32 Å². The highest BCUT2D eigenvalue weighted by molar-refractivity contribution is 6.30. The van der Waals surface area contributed by atoms with Crippen molar-refractivity contribution in [2.45, 2.75) is 13.0 Å². The smallest absolute Gasteiger partial charge is 0.163 e. The molecule has 1 atom stereocenters. The molecular weight excluding hydrogens is 274 g/mol. The Balaban J connectivity index is 1.91. The molecule has 0 aliphatic heterocycles. The van der Waals surface area contributed by atoms with Gasteiger partial charge >= 0.3 is 0 Å². The minimum Gasteiger partial charge on any atom is -0.363 e. The van der Waals surface area contributed by atoms with E-state index >= 15 is 0 Å². The number of hydrogen-bond donors (Lipinski definition) is 1. The van der Waals surface area contributed by atoms with Gasteiger partial charge in [0.15, 0.2) is 5.65 Å². The van der Waals surface area contributed by atoms with Crippen LogP contribution in [0.25, 0.3) is 11.0 Å². The third kappa shape index (κ3) is 2.32. The van der Waals surface area contributed by atoms with Crippen molar-refractivity contribution in [3.8, 4) is 0 Å². The van der Waals surface area contributed by atoms with Gasteiger partial charge in [-0.3, -0.25) is 4.68 Å². The molecule has 3 aromatic rings. The molecular formula is C14H14ClN5. The second-order valence-electron chi connectivity index (χ2n) is 4.65. The van der Waals surface area contributed by atoms with Crippen molar-refractivity contribution in [2.24, 2.45) is 7.05 Å². The normalized spacial score (nSPS) is 12.6. The maximum atomic E-state index is 5.91. The van der Waals surface area contributed by atoms with Gasteiger partial charge in [0, 0.05) is 18.1 Å². The highest BCUT2D eigenvalue weighted by atomic mass is 35.5. The fourth-order valence-electron chi connectivity index (χ4n) is 2.12. The molecule has 0 aliphatic rings. The molecule has 1 N–H and O–H groups in total. The first-order valence-corrected chi connectivity index (χ1v) is 6.67. The summed E-state index contributed by atoms with van der Waals surface area (Å²) in [7, 11) is 1.86. The van der Waals surface area contributed by atoms with E-state index < -0.39 is 0 Å². The van der Waals surface area contributed by atoms with E-state index in [1.165, 1.54) is 0 Å². The van der Waals surface area contributed by atoms with Crippen LogP contribution in [0, 0.1) is 0 Å². The zero-order valence-electron chi connectivity index (χ0n) is 11.2. The van der Waals surface area contributed by atoms with Crippen LogP contribution in [0.4, 0.5) is 5.82 Å². The summed E-state index contributed by atoms with van der Waals surface area (Å²) in [6.45, 7) is 2.08. The molecule has 20 heavy (non-hydrogen) atoms. The van der Waals surface area contributed by atoms with Crippen molar-refractivity contribution in [3.05, 3.63) is 47.4 Å². The van der Waals surface area contributed by atoms with E-state index in [0.29, 0.717) is 0 Å². The van der Waals surface area contributed by atoms with Crippen LogP contribution in [-0.2, 0) is 7.05 Å². The predicted octanol–water partition coefficient (Wildman–Crippen LogP) is 3.19. The number of anilines is 1. The van der Waals surface area contributed by atoms with E-state index in [9.17, 15) is 0 Å². The summed E-state index contributed by atoms with van der Waals surface area (Å²) in [4.78, 5) is 8.53. The van der Waals surface area contributed by atoms with Gasteiger partial charge in [0.05, 0.1) is 11.6 Å². The summed E-state index contributed by atoms with van der Waals surface area (Å²) in [5, 5.41) is 9.24. The molecule has 6 heteroatoms. The van der Waals surface area contributed by atoms with E-state index in [0.717, 1.165) is 27.4 Å². The first-order valence-electron chi connectivity index (χ1n) is 6.30. The van der Waals surface area contributed by atoms with Gasteiger partial charge in [-0.25, -0.2) is 9.97 Å². The fraction of sp³-hybridized carbons (Fsp3) is 0.214. The Hall–Kier alpha value is -2.14. The third-order valence-corrected chi connectivity index (χ3v) is 3.50. The van der Waals surface area contributed by atoms with Gasteiger partial charge < -0.3 is 5.32 Å². The van der Waals surface area contributed by atoms with Crippen molar-refractivity contribution in [1.29, 1.82) is 0 Å². The van der Waals surface area contributed by atoms with Crippen LogP contribution in [0.15, 0.2) is 36.8 Å². The molecule has 0 bridgehead atoms. The Morgan fingerprint density at radius 2 is 1.95 bits per heavy atom. The van der Waals surface area contributed by atoms with Gasteiger partial charge in [0.1, 0.15) is 12.1 Å². The van der Waals surface area contributed by atoms with Gasteiger partial charge in [-0.15, -0.1) is 0 Å². The van der Waals surface area contributed by atoms with Crippen LogP contribution in [0.1, 0.15) is 18.5 Å². The molecule has 1 aromatic carbocycles. The Bertz CT molecular complexity index is 735. The van der Waals surface area contributed by atoms with Crippen molar-refractivity contribution < 1.29 is 0 Å². The van der Waals surface area contributed by atoms with Crippen LogP contribution < -0.4 is 5.32 Å². The van der Waals surface area contributed by atoms with Crippen LogP contribution in [-0.4, -0.2) is 19.7 Å². The summed E-state index contributed by atoms with van der Waals surface area (Å²) in [5.41, 5.74) is 1.95. The molecule has 0 radical (unpaired) electrons. The maximum absolute atomic E-state index is 5.91. The second kappa shape index (κ2) is 5.09. The molecule has 5 nitrogen and oxygen atoms in total. The van der Waals surface area contributed by atoms with Gasteiger partial charge in [-0.1, -0.05) is 23.7 Å². The fourth-order valence-corrected chi connectivity index (χ4v) is 2.24. The molecule has 0 spiro atoms. The van der Waals surface area contributed by atoms with Crippen molar-refractivity contribution in [1.82, 2.24) is 19.7 Å². The number of benzene rings is 1. The molecule has 102 valence electrons. The van der Waals surface area contributed by atoms with E-state index in [1.807, 2.05) is 31.3 Å². The second-order valence-corrected chi connectivity index (χ2v) is 5.08. The van der Waals surface area contributed by atoms with Crippen LogP contribution in [0.3, 0.4) is 0 Å². The van der Waals surface area contributed by atoms with Crippen molar-refractivity contribution in [3.63, 3.8) is 0 Å². The number of nitrogens with zero attached hydrogens (tertiary/aromatic N) is 4. The standard InChI is InChI=1S/C14H14ClN5/c1-9(10-3-5-11(15)6-4-10)19-13-12-7-18-20(2)14(12)17-8-16-13/h3-9H,1-2H3,(H,16,17,19). The Kier molecular flexibility index (Phi) is 3.28. The highest BCUT2D eigenvalue weighted by Gasteiger charge is 2.11. The number of hydrogen-bond acceptors (Lipinski definition) is 4. The summed E-state index contributed by atoms with van der Waals surface area (Å²) in [6, 6.07) is 7.89. The zero-order valence-corrected chi connectivity index (χ0v) is 12.0. The Morgan fingerprint density at radius 3 is 2.70 bits per heavy atom. The molecule has 2 heterocycles. The summed E-state index contributed by atoms with van der Waals surface area (Å²) in [6.07, 6.45) is 3.31. The summed E-state index contributed by atoms with van der Waals surface area (Å²) >= 11 is 5.91. The third-order valence-electron chi connectivity index (χ3n) is 3.25. The molecule has 0 amide bonds. The largest absolute Gasteiger partial charge is 0.363 e. The average Bonchev–Trinajstić information content (AvgIpc) is 2.82. The summed E-state index contributed by atoms with van der Waals surface area (Å²) in [5.74, 6) is 0.783. The lowest BCUT2D eigenvalue weighted by atomic mass is 10.1. The number of aromatic nitrogens is 4. The first-order chi connectivity index (χ1) is 9.65. The lowest BCUT2D eigenvalue weighted by Crippen LogP contribution is -2.08. The van der Waals surface area contributed by atoms with Gasteiger partial charge in [0.2, 0.25) is 0 Å². The Labute approximate surface area is 121 Å². The quantitative estimate of drug-likeness (QED) is 0.804. The van der Waals surface area contributed by atoms with Crippen LogP contribution in [0.5, 0.6) is 0 Å². The van der Waals surface area contributed by atoms with Gasteiger partial charge in [-0.05, 0) is 24.6 Å². The van der Waals surface area contributed by atoms with Crippen LogP contribution >= 0.6 is 11.6 Å². The monoisotopic (exact) mass is 287 g/mol. The SMILES string of the molecule is CC(Nc1ncnc2c1cnn2C)c1ccc(Cl)cc1. The van der Waals surface area contributed by atoms with E-state index in [4.69, 9.17) is 11.6 Å². The molecule has 0 fully saturated rings. The lowest BCUT2D eigenvalue weighted by molar-refractivity contribution is 0.785. The van der Waals surface area contributed by atoms with Crippen LogP contribution in [0.2, 0.25) is 5.02 Å². The minimum absolute atomic E-state index is 0.116. The van der Waals surface area contributed by atoms with E-state index in [-0.39, 0.29) is 6.04 Å². The number of nitrogens with one attached hydrogen (secondary N) is 1. The Morgan fingerprint density at radius 1 is 1.20 bits per heavy atom. The van der Waals surface area contributed by atoms with Crippen molar-refractivity contribution >= 4 is 28.5 Å². The molecule has 0 aliphatic carbocycles. The molecule has 0 saturated carbocycles. The zero-order chi connectivity index (χ0) is 14.1. The summed E-state index contributed by atoms with van der Waals surface area (Å²) < 4.78 is 1.73. The minimum atomic E-state index is 0.116. The molecule has 0 saturated heterocycles. The predicted molar refractivity (Wildman–Crippen MR) is 79.8 cm³/mol. The maximum Gasteiger partial charge on any atom is 0.163 e. The molecule has 3 rings (SSSR count). The average molecular weight is 288 g/mol. The van der Waals surface area contributed by atoms with Gasteiger partial charge in [0.25, 0.3) is 0 Å². The molecule has 1 unspecified atom stereocenters. The topological polar surface area (TPSA) is 55.6 Å². The number of halogens is 1. The lowest BCUT2D eigenvalue weighted by Gasteiger charge is -2.15. The number of aryl methyl sites for hydroxylation is 1. The number of fused-ring (bicyclic) bond motifs is 1. The van der Waals surface area contributed by atoms with E-state index in [1.54, 1.807) is 17.2 Å². The number of rotatable bonds is 3.